The molecule has 5 nitrogen and oxygen atoms in total. The van der Waals surface area contributed by atoms with E-state index >= 15 is 0 Å². The summed E-state index contributed by atoms with van der Waals surface area (Å²) in [7, 11) is 0. The van der Waals surface area contributed by atoms with Crippen LogP contribution < -0.4 is 5.32 Å². The molecule has 108 valence electrons. The number of fused-ring (bicyclic) bond motifs is 2. The normalized spacial score (nSPS) is 11.1. The molecule has 2 aromatic carbocycles. The van der Waals surface area contributed by atoms with Gasteiger partial charge >= 0.3 is 0 Å². The summed E-state index contributed by atoms with van der Waals surface area (Å²) in [4.78, 5) is 20.9. The number of oxazole rings is 1. The Kier molecular flexibility index (Phi) is 2.90. The molecule has 4 aromatic rings. The van der Waals surface area contributed by atoms with E-state index in [0.717, 1.165) is 15.8 Å². The second-order valence-electron chi connectivity index (χ2n) is 4.93. The van der Waals surface area contributed by atoms with Crippen molar-refractivity contribution in [3.05, 3.63) is 53.9 Å². The number of carbonyl (C=O) groups is 1. The fraction of sp³-hybridized carbons (Fsp3) is 0.0625. The number of thiazole rings is 1. The molecular weight excluding hydrogens is 298 g/mol. The first-order valence-electron chi connectivity index (χ1n) is 6.71. The van der Waals surface area contributed by atoms with Crippen molar-refractivity contribution in [2.45, 2.75) is 6.92 Å². The smallest absolute Gasteiger partial charge is 0.257 e. The Labute approximate surface area is 129 Å². The zero-order valence-corrected chi connectivity index (χ0v) is 12.5. The van der Waals surface area contributed by atoms with E-state index in [4.69, 9.17) is 4.42 Å². The maximum atomic E-state index is 12.3. The summed E-state index contributed by atoms with van der Waals surface area (Å²) < 4.78 is 6.23. The summed E-state index contributed by atoms with van der Waals surface area (Å²) in [6.07, 6.45) is 1.36. The van der Waals surface area contributed by atoms with Gasteiger partial charge in [-0.25, -0.2) is 9.97 Å². The summed E-state index contributed by atoms with van der Waals surface area (Å²) in [5.74, 6) is -0.207. The van der Waals surface area contributed by atoms with Gasteiger partial charge in [0, 0.05) is 5.56 Å². The molecule has 0 aliphatic carbocycles. The molecule has 1 amide bonds. The molecule has 4 rings (SSSR count). The van der Waals surface area contributed by atoms with Gasteiger partial charge in [0.25, 0.3) is 5.91 Å². The molecule has 0 saturated carbocycles. The monoisotopic (exact) mass is 309 g/mol. The SMILES string of the molecule is Cc1cccc2sc(NC(=O)c3ccc4ocnc4c3)nc12. The van der Waals surface area contributed by atoms with Crippen molar-refractivity contribution in [2.75, 3.05) is 5.32 Å². The van der Waals surface area contributed by atoms with E-state index in [2.05, 4.69) is 15.3 Å². The fourth-order valence-corrected chi connectivity index (χ4v) is 3.25. The third-order valence-corrected chi connectivity index (χ3v) is 4.37. The second kappa shape index (κ2) is 4.92. The third kappa shape index (κ3) is 2.14. The number of carbonyl (C=O) groups excluding carboxylic acids is 1. The van der Waals surface area contributed by atoms with Gasteiger partial charge < -0.3 is 4.42 Å². The molecule has 0 aliphatic rings. The first-order chi connectivity index (χ1) is 10.7. The highest BCUT2D eigenvalue weighted by Gasteiger charge is 2.12. The molecule has 22 heavy (non-hydrogen) atoms. The minimum absolute atomic E-state index is 0.207. The number of aromatic nitrogens is 2. The quantitative estimate of drug-likeness (QED) is 0.607. The zero-order valence-electron chi connectivity index (χ0n) is 11.7. The molecule has 2 aromatic heterocycles. The van der Waals surface area contributed by atoms with Gasteiger partial charge in [-0.2, -0.15) is 0 Å². The van der Waals surface area contributed by atoms with Gasteiger partial charge in [-0.3, -0.25) is 10.1 Å². The molecule has 0 saturated heterocycles. The van der Waals surface area contributed by atoms with Crippen LogP contribution in [0.25, 0.3) is 21.3 Å². The zero-order chi connectivity index (χ0) is 15.1. The molecule has 0 radical (unpaired) electrons. The number of anilines is 1. The Balaban J connectivity index is 1.66. The van der Waals surface area contributed by atoms with Crippen molar-refractivity contribution in [2.24, 2.45) is 0 Å². The van der Waals surface area contributed by atoms with Crippen LogP contribution in [0.5, 0.6) is 0 Å². The van der Waals surface area contributed by atoms with E-state index in [0.29, 0.717) is 21.8 Å². The largest absolute Gasteiger partial charge is 0.443 e. The molecular formula is C16H11N3O2S. The molecule has 0 bridgehead atoms. The Morgan fingerprint density at radius 2 is 2.18 bits per heavy atom. The number of benzene rings is 2. The Bertz CT molecular complexity index is 1000. The van der Waals surface area contributed by atoms with E-state index in [1.165, 1.54) is 17.7 Å². The lowest BCUT2D eigenvalue weighted by Crippen LogP contribution is -2.11. The van der Waals surface area contributed by atoms with Crippen LogP contribution in [-0.4, -0.2) is 15.9 Å². The Morgan fingerprint density at radius 1 is 1.27 bits per heavy atom. The highest BCUT2D eigenvalue weighted by atomic mass is 32.1. The fourth-order valence-electron chi connectivity index (χ4n) is 2.31. The number of nitrogens with one attached hydrogen (secondary N) is 1. The molecule has 0 unspecified atom stereocenters. The number of hydrogen-bond donors (Lipinski definition) is 1. The van der Waals surface area contributed by atoms with Crippen molar-refractivity contribution in [1.29, 1.82) is 0 Å². The molecule has 0 atom stereocenters. The summed E-state index contributed by atoms with van der Waals surface area (Å²) in [6, 6.07) is 11.1. The Hall–Kier alpha value is -2.73. The van der Waals surface area contributed by atoms with Gasteiger partial charge in [-0.1, -0.05) is 23.5 Å². The first kappa shape index (κ1) is 13.0. The average molecular weight is 309 g/mol. The molecule has 0 fully saturated rings. The standard InChI is InChI=1S/C16H11N3O2S/c1-9-3-2-4-13-14(9)18-16(22-13)19-15(20)10-5-6-12-11(7-10)17-8-21-12/h2-8H,1H3,(H,18,19,20). The molecule has 2 heterocycles. The van der Waals surface area contributed by atoms with E-state index in [1.54, 1.807) is 18.2 Å². The van der Waals surface area contributed by atoms with Crippen LogP contribution in [0.4, 0.5) is 5.13 Å². The van der Waals surface area contributed by atoms with Gasteiger partial charge in [-0.15, -0.1) is 0 Å². The van der Waals surface area contributed by atoms with Crippen molar-refractivity contribution in [3.63, 3.8) is 0 Å². The van der Waals surface area contributed by atoms with Crippen LogP contribution in [0.1, 0.15) is 15.9 Å². The van der Waals surface area contributed by atoms with Crippen LogP contribution in [-0.2, 0) is 0 Å². The number of hydrogen-bond acceptors (Lipinski definition) is 5. The van der Waals surface area contributed by atoms with Crippen LogP contribution in [0.2, 0.25) is 0 Å². The van der Waals surface area contributed by atoms with Gasteiger partial charge in [0.1, 0.15) is 5.52 Å². The van der Waals surface area contributed by atoms with Crippen molar-refractivity contribution in [3.8, 4) is 0 Å². The van der Waals surface area contributed by atoms with E-state index in [9.17, 15) is 4.79 Å². The lowest BCUT2D eigenvalue weighted by Gasteiger charge is -2.00. The first-order valence-corrected chi connectivity index (χ1v) is 7.53. The average Bonchev–Trinajstić information content (AvgIpc) is 3.13. The second-order valence-corrected chi connectivity index (χ2v) is 5.96. The number of aryl methyl sites for hydroxylation is 1. The number of amides is 1. The topological polar surface area (TPSA) is 68.0 Å². The Morgan fingerprint density at radius 3 is 3.05 bits per heavy atom. The summed E-state index contributed by atoms with van der Waals surface area (Å²) in [6.45, 7) is 2.01. The highest BCUT2D eigenvalue weighted by molar-refractivity contribution is 7.22. The number of rotatable bonds is 2. The van der Waals surface area contributed by atoms with Crippen molar-refractivity contribution in [1.82, 2.24) is 9.97 Å². The van der Waals surface area contributed by atoms with Gasteiger partial charge in [0.15, 0.2) is 17.1 Å². The molecule has 0 aliphatic heterocycles. The van der Waals surface area contributed by atoms with Crippen molar-refractivity contribution >= 4 is 43.7 Å². The van der Waals surface area contributed by atoms with Crippen LogP contribution >= 0.6 is 11.3 Å². The lowest BCUT2D eigenvalue weighted by molar-refractivity contribution is 0.102. The van der Waals surface area contributed by atoms with Gasteiger partial charge in [0.2, 0.25) is 0 Å². The minimum Gasteiger partial charge on any atom is -0.443 e. The maximum absolute atomic E-state index is 12.3. The highest BCUT2D eigenvalue weighted by Crippen LogP contribution is 2.28. The minimum atomic E-state index is -0.207. The van der Waals surface area contributed by atoms with Crippen LogP contribution in [0.15, 0.2) is 47.2 Å². The molecule has 6 heteroatoms. The number of para-hydroxylation sites is 1. The predicted octanol–water partition coefficient (Wildman–Crippen LogP) is 4.00. The summed E-state index contributed by atoms with van der Waals surface area (Å²) in [5, 5.41) is 3.43. The third-order valence-electron chi connectivity index (χ3n) is 3.43. The predicted molar refractivity (Wildman–Crippen MR) is 86.3 cm³/mol. The molecule has 1 N–H and O–H groups in total. The summed E-state index contributed by atoms with van der Waals surface area (Å²) >= 11 is 1.46. The van der Waals surface area contributed by atoms with Crippen molar-refractivity contribution < 1.29 is 9.21 Å². The van der Waals surface area contributed by atoms with E-state index < -0.39 is 0 Å². The van der Waals surface area contributed by atoms with Gasteiger partial charge in [0.05, 0.1) is 10.2 Å². The van der Waals surface area contributed by atoms with Crippen LogP contribution in [0.3, 0.4) is 0 Å². The maximum Gasteiger partial charge on any atom is 0.257 e. The lowest BCUT2D eigenvalue weighted by atomic mass is 10.2. The van der Waals surface area contributed by atoms with E-state index in [-0.39, 0.29) is 5.91 Å². The number of nitrogens with zero attached hydrogens (tertiary/aromatic N) is 2. The van der Waals surface area contributed by atoms with Crippen LogP contribution in [0, 0.1) is 6.92 Å². The van der Waals surface area contributed by atoms with E-state index in [1.807, 2.05) is 25.1 Å². The van der Waals surface area contributed by atoms with Gasteiger partial charge in [-0.05, 0) is 36.8 Å². The molecule has 0 spiro atoms. The summed E-state index contributed by atoms with van der Waals surface area (Å²) in [5.41, 5.74) is 3.87.